The van der Waals surface area contributed by atoms with Crippen LogP contribution in [0.25, 0.3) is 77.3 Å². The van der Waals surface area contributed by atoms with Crippen LogP contribution in [0.4, 0.5) is 0 Å². The largest absolute Gasteiger partial charge is 0.309 e. The van der Waals surface area contributed by atoms with Crippen molar-refractivity contribution in [1.82, 2.24) is 9.13 Å². The number of allylic oxidation sites excluding steroid dienone is 11. The highest BCUT2D eigenvalue weighted by atomic mass is 15.0. The van der Waals surface area contributed by atoms with Crippen LogP contribution in [0.3, 0.4) is 0 Å². The van der Waals surface area contributed by atoms with Crippen LogP contribution in [-0.2, 0) is 0 Å². The molecule has 0 aliphatic heterocycles. The minimum Gasteiger partial charge on any atom is -0.309 e. The highest BCUT2D eigenvalue weighted by Crippen LogP contribution is 2.51. The first-order valence-corrected chi connectivity index (χ1v) is 19.2. The Morgan fingerprint density at radius 2 is 1.22 bits per heavy atom. The van der Waals surface area contributed by atoms with Crippen molar-refractivity contribution in [2.45, 2.75) is 39.5 Å². The Labute approximate surface area is 324 Å². The Bertz CT molecular complexity index is 2860. The molecular formula is C52H47N3. The van der Waals surface area contributed by atoms with Gasteiger partial charge in [0.15, 0.2) is 0 Å². The molecule has 2 heterocycles. The maximum Gasteiger partial charge on any atom is 0.0547 e. The van der Waals surface area contributed by atoms with E-state index in [1.165, 1.54) is 60.3 Å². The molecule has 3 heteroatoms. The number of nitrogens with zero attached hydrogens (tertiary/aromatic N) is 3. The Hall–Kier alpha value is -6.45. The van der Waals surface area contributed by atoms with Crippen molar-refractivity contribution in [2.75, 3.05) is 7.05 Å². The van der Waals surface area contributed by atoms with Gasteiger partial charge in [-0.15, -0.1) is 0 Å². The Morgan fingerprint density at radius 3 is 1.87 bits per heavy atom. The third kappa shape index (κ3) is 5.79. The second kappa shape index (κ2) is 14.4. The molecule has 3 nitrogen and oxygen atoms in total. The lowest BCUT2D eigenvalue weighted by Crippen LogP contribution is -2.13. The molecule has 1 aliphatic carbocycles. The second-order valence-electron chi connectivity index (χ2n) is 14.6. The fourth-order valence-electron chi connectivity index (χ4n) is 8.71. The van der Waals surface area contributed by atoms with Gasteiger partial charge in [0.25, 0.3) is 0 Å². The summed E-state index contributed by atoms with van der Waals surface area (Å²) in [5, 5.41) is 4.94. The lowest BCUT2D eigenvalue weighted by Gasteiger charge is -2.32. The lowest BCUT2D eigenvalue weighted by molar-refractivity contribution is 0.617. The van der Waals surface area contributed by atoms with Gasteiger partial charge in [-0.05, 0) is 143 Å². The summed E-state index contributed by atoms with van der Waals surface area (Å²) in [6.07, 6.45) is 18.1. The predicted octanol–water partition coefficient (Wildman–Crippen LogP) is 14.2. The van der Waals surface area contributed by atoms with E-state index in [1.54, 1.807) is 0 Å². The summed E-state index contributed by atoms with van der Waals surface area (Å²) in [4.78, 5) is 4.35. The molecule has 0 amide bonds. The average Bonchev–Trinajstić information content (AvgIpc) is 3.70. The highest BCUT2D eigenvalue weighted by molar-refractivity contribution is 6.17. The second-order valence-corrected chi connectivity index (χ2v) is 14.6. The third-order valence-electron chi connectivity index (χ3n) is 11.4. The maximum absolute atomic E-state index is 4.38. The Kier molecular flexibility index (Phi) is 9.32. The molecule has 1 aliphatic rings. The molecule has 55 heavy (non-hydrogen) atoms. The molecule has 0 radical (unpaired) electrons. The summed E-state index contributed by atoms with van der Waals surface area (Å²) in [5.74, 6) is 0.618. The summed E-state index contributed by atoms with van der Waals surface area (Å²) in [6.45, 7) is 21.3. The topological polar surface area (TPSA) is 22.2 Å². The zero-order valence-electron chi connectivity index (χ0n) is 32.5. The zero-order valence-corrected chi connectivity index (χ0v) is 32.5. The minimum atomic E-state index is 0.306. The van der Waals surface area contributed by atoms with Crippen LogP contribution in [0, 0.1) is 0 Å². The first-order chi connectivity index (χ1) is 26.8. The Balaban J connectivity index is 1.47. The molecule has 0 bridgehead atoms. The van der Waals surface area contributed by atoms with Gasteiger partial charge in [0.2, 0.25) is 0 Å². The van der Waals surface area contributed by atoms with Crippen molar-refractivity contribution in [3.05, 3.63) is 182 Å². The van der Waals surface area contributed by atoms with Crippen LogP contribution in [-0.4, -0.2) is 22.4 Å². The van der Waals surface area contributed by atoms with Crippen molar-refractivity contribution in [2.24, 2.45) is 4.99 Å². The van der Waals surface area contributed by atoms with Gasteiger partial charge >= 0.3 is 0 Å². The van der Waals surface area contributed by atoms with Gasteiger partial charge in [0, 0.05) is 46.2 Å². The minimum absolute atomic E-state index is 0.306. The molecule has 0 spiro atoms. The van der Waals surface area contributed by atoms with Crippen LogP contribution < -0.4 is 0 Å². The number of hydrogen-bond acceptors (Lipinski definition) is 1. The van der Waals surface area contributed by atoms with Crippen molar-refractivity contribution < 1.29 is 0 Å². The highest BCUT2D eigenvalue weighted by Gasteiger charge is 2.31. The van der Waals surface area contributed by atoms with Gasteiger partial charge in [-0.1, -0.05) is 100 Å². The molecule has 2 atom stereocenters. The molecule has 0 fully saturated rings. The summed E-state index contributed by atoms with van der Waals surface area (Å²) in [6, 6.07) is 34.1. The summed E-state index contributed by atoms with van der Waals surface area (Å²) in [7, 11) is 1.81. The molecule has 0 saturated heterocycles. The van der Waals surface area contributed by atoms with Gasteiger partial charge in [-0.25, -0.2) is 0 Å². The predicted molar refractivity (Wildman–Crippen MR) is 242 cm³/mol. The number of hydrogen-bond donors (Lipinski definition) is 0. The van der Waals surface area contributed by atoms with E-state index < -0.39 is 0 Å². The van der Waals surface area contributed by atoms with Crippen molar-refractivity contribution in [3.8, 4) is 16.8 Å². The van der Waals surface area contributed by atoms with E-state index in [9.17, 15) is 0 Å². The van der Waals surface area contributed by atoms with E-state index in [-0.39, 0.29) is 0 Å². The molecule has 2 aromatic heterocycles. The standard InChI is InChI=1S/C52H47N3/c1-9-16-33(5)36-22-24-49-45(26-36)47-28-41-34(6)35(7)42-29-48-46-27-37(38(17-10-2)32-53-8)23-25-50(46)54(39(18-11-3)19-12-4)51(48)30-43(42)44(41)31-52(47)55(49)40-20-14-13-15-21-40/h9-32,34-35H,2-3,5H2,1,4,6-8H3/b16-9-,19-12-,38-17+,39-18+,53-32?. The fourth-order valence-corrected chi connectivity index (χ4v) is 8.71. The fraction of sp³-hybridized carbons (Fsp3) is 0.135. The van der Waals surface area contributed by atoms with Gasteiger partial charge in [0.1, 0.15) is 0 Å². The maximum atomic E-state index is 4.38. The van der Waals surface area contributed by atoms with Gasteiger partial charge in [-0.2, -0.15) is 0 Å². The van der Waals surface area contributed by atoms with Crippen molar-refractivity contribution >= 4 is 66.7 Å². The molecule has 7 aromatic rings. The number of aromatic nitrogens is 2. The summed E-state index contributed by atoms with van der Waals surface area (Å²) in [5.41, 5.74) is 16.5. The zero-order chi connectivity index (χ0) is 38.4. The molecule has 2 unspecified atom stereocenters. The third-order valence-corrected chi connectivity index (χ3v) is 11.4. The molecule has 8 rings (SSSR count). The van der Waals surface area contributed by atoms with E-state index in [4.69, 9.17) is 0 Å². The van der Waals surface area contributed by atoms with Gasteiger partial charge in [-0.3, -0.25) is 4.99 Å². The van der Waals surface area contributed by atoms with E-state index in [1.807, 2.05) is 38.4 Å². The lowest BCUT2D eigenvalue weighted by atomic mass is 9.72. The number of aliphatic imine (C=N–C) groups is 1. The SMILES string of the molecule is C=C/C=C(\C=NC)c1ccc2c(c1)c1cc3c(cc1n2C(/C=C\C)=C/C=C)-c1cc2c(cc1C(C)C3C)c1cc(C(=C)/C=C\C)ccc1n2-c1ccccc1. The smallest absolute Gasteiger partial charge is 0.0547 e. The quantitative estimate of drug-likeness (QED) is 0.105. The number of fused-ring (bicyclic) bond motifs is 9. The van der Waals surface area contributed by atoms with Crippen LogP contribution in [0.2, 0.25) is 0 Å². The molecule has 270 valence electrons. The van der Waals surface area contributed by atoms with Crippen molar-refractivity contribution in [1.29, 1.82) is 0 Å². The average molecular weight is 714 g/mol. The van der Waals surface area contributed by atoms with Crippen LogP contribution >= 0.6 is 0 Å². The van der Waals surface area contributed by atoms with Crippen molar-refractivity contribution in [3.63, 3.8) is 0 Å². The number of benzene rings is 5. The first kappa shape index (κ1) is 35.6. The molecule has 0 N–H and O–H groups in total. The van der Waals surface area contributed by atoms with Crippen LogP contribution in [0.5, 0.6) is 0 Å². The summed E-state index contributed by atoms with van der Waals surface area (Å²) >= 11 is 0. The molecule has 0 saturated carbocycles. The van der Waals surface area contributed by atoms with E-state index in [0.717, 1.165) is 39.2 Å². The van der Waals surface area contributed by atoms with E-state index in [0.29, 0.717) is 11.8 Å². The van der Waals surface area contributed by atoms with Crippen LogP contribution in [0.15, 0.2) is 164 Å². The monoisotopic (exact) mass is 713 g/mol. The van der Waals surface area contributed by atoms with E-state index >= 15 is 0 Å². The van der Waals surface area contributed by atoms with Gasteiger partial charge < -0.3 is 9.13 Å². The Morgan fingerprint density at radius 1 is 0.636 bits per heavy atom. The van der Waals surface area contributed by atoms with Crippen LogP contribution in [0.1, 0.15) is 61.8 Å². The van der Waals surface area contributed by atoms with Gasteiger partial charge in [0.05, 0.1) is 22.1 Å². The normalized spacial score (nSPS) is 16.3. The number of rotatable bonds is 9. The summed E-state index contributed by atoms with van der Waals surface area (Å²) < 4.78 is 4.82. The molecule has 5 aromatic carbocycles. The first-order valence-electron chi connectivity index (χ1n) is 19.2. The van der Waals surface area contributed by atoms with E-state index in [2.05, 4.69) is 176 Å². The number of para-hydroxylation sites is 1. The molecular weight excluding hydrogens is 667 g/mol.